The van der Waals surface area contributed by atoms with Crippen LogP contribution in [0.15, 0.2) is 17.5 Å². The van der Waals surface area contributed by atoms with Crippen LogP contribution in [-0.4, -0.2) is 16.8 Å². The van der Waals surface area contributed by atoms with Gasteiger partial charge in [0.1, 0.15) is 0 Å². The van der Waals surface area contributed by atoms with E-state index in [1.807, 2.05) is 12.2 Å². The van der Waals surface area contributed by atoms with Crippen LogP contribution in [0, 0.1) is 0 Å². The Labute approximate surface area is 80.0 Å². The Kier molecular flexibility index (Phi) is 3.37. The second kappa shape index (κ2) is 4.33. The van der Waals surface area contributed by atoms with Gasteiger partial charge in [-0.2, -0.15) is 12.6 Å². The second-order valence-corrected chi connectivity index (χ2v) is 3.44. The molecule has 0 aliphatic heterocycles. The van der Waals surface area contributed by atoms with E-state index in [-0.39, 0.29) is 0 Å². The minimum Gasteiger partial charge on any atom is -0.478 e. The average molecular weight is 200 g/mol. The molecule has 0 aliphatic carbocycles. The number of carbonyl (C=O) groups is 1. The van der Waals surface area contributed by atoms with Gasteiger partial charge in [-0.15, -0.1) is 11.3 Å². The first-order valence-corrected chi connectivity index (χ1v) is 4.84. The quantitative estimate of drug-likeness (QED) is 0.735. The van der Waals surface area contributed by atoms with Crippen molar-refractivity contribution in [1.29, 1.82) is 0 Å². The molecular formula is C8H8O2S2. The molecule has 0 aromatic carbocycles. The summed E-state index contributed by atoms with van der Waals surface area (Å²) in [5, 5.41) is 10.2. The predicted molar refractivity (Wildman–Crippen MR) is 54.2 cm³/mol. The number of carboxylic acid groups (broad SMARTS) is 1. The predicted octanol–water partition coefficient (Wildman–Crippen LogP) is 2.39. The van der Waals surface area contributed by atoms with Gasteiger partial charge in [0.2, 0.25) is 0 Å². The third-order valence-corrected chi connectivity index (χ3v) is 2.36. The van der Waals surface area contributed by atoms with Crippen molar-refractivity contribution in [1.82, 2.24) is 0 Å². The van der Waals surface area contributed by atoms with Crippen molar-refractivity contribution >= 4 is 36.0 Å². The van der Waals surface area contributed by atoms with Crippen LogP contribution >= 0.6 is 24.0 Å². The molecule has 2 nitrogen and oxygen atoms in total. The molecule has 0 radical (unpaired) electrons. The van der Waals surface area contributed by atoms with Crippen molar-refractivity contribution in [2.75, 3.05) is 5.75 Å². The van der Waals surface area contributed by atoms with E-state index in [1.165, 1.54) is 11.3 Å². The van der Waals surface area contributed by atoms with Crippen molar-refractivity contribution in [3.63, 3.8) is 0 Å². The van der Waals surface area contributed by atoms with E-state index in [2.05, 4.69) is 12.6 Å². The molecule has 0 amide bonds. The topological polar surface area (TPSA) is 37.3 Å². The lowest BCUT2D eigenvalue weighted by atomic mass is 10.3. The number of thiol groups is 1. The molecular weight excluding hydrogens is 192 g/mol. The first kappa shape index (κ1) is 9.35. The number of thiophene rings is 1. The summed E-state index contributed by atoms with van der Waals surface area (Å²) in [6.07, 6.45) is 3.74. The zero-order valence-corrected chi connectivity index (χ0v) is 7.94. The van der Waals surface area contributed by atoms with Gasteiger partial charge in [-0.3, -0.25) is 0 Å². The minimum atomic E-state index is -0.878. The Balaban J connectivity index is 2.77. The lowest BCUT2D eigenvalue weighted by Gasteiger charge is -1.82. The lowest BCUT2D eigenvalue weighted by Crippen LogP contribution is -1.91. The molecule has 1 N–H and O–H groups in total. The molecule has 64 valence electrons. The van der Waals surface area contributed by atoms with Gasteiger partial charge in [0.25, 0.3) is 0 Å². The molecule has 0 aliphatic rings. The summed E-state index contributed by atoms with van der Waals surface area (Å²) in [6, 6.07) is 1.65. The smallest absolute Gasteiger partial charge is 0.336 e. The average Bonchev–Trinajstić information content (AvgIpc) is 2.48. The molecule has 12 heavy (non-hydrogen) atoms. The second-order valence-electron chi connectivity index (χ2n) is 2.13. The lowest BCUT2D eigenvalue weighted by molar-refractivity contribution is 0.0697. The summed E-state index contributed by atoms with van der Waals surface area (Å²) >= 11 is 5.42. The monoisotopic (exact) mass is 200 g/mol. The van der Waals surface area contributed by atoms with Gasteiger partial charge >= 0.3 is 5.97 Å². The summed E-state index contributed by atoms with van der Waals surface area (Å²) in [7, 11) is 0. The molecule has 0 fully saturated rings. The summed E-state index contributed by atoms with van der Waals surface area (Å²) in [5.74, 6) is -0.211. The molecule has 1 heterocycles. The van der Waals surface area contributed by atoms with E-state index in [9.17, 15) is 4.79 Å². The molecule has 0 spiro atoms. The maximum absolute atomic E-state index is 10.5. The number of hydrogen-bond acceptors (Lipinski definition) is 3. The first-order chi connectivity index (χ1) is 5.74. The van der Waals surface area contributed by atoms with Gasteiger partial charge < -0.3 is 5.11 Å². The van der Waals surface area contributed by atoms with Crippen LogP contribution in [-0.2, 0) is 0 Å². The Morgan fingerprint density at radius 1 is 1.75 bits per heavy atom. The van der Waals surface area contributed by atoms with E-state index in [0.29, 0.717) is 11.3 Å². The normalized spacial score (nSPS) is 10.8. The van der Waals surface area contributed by atoms with E-state index >= 15 is 0 Å². The number of hydrogen-bond donors (Lipinski definition) is 2. The Morgan fingerprint density at radius 3 is 3.00 bits per heavy atom. The Morgan fingerprint density at radius 2 is 2.50 bits per heavy atom. The van der Waals surface area contributed by atoms with Crippen molar-refractivity contribution in [3.05, 3.63) is 28.0 Å². The molecule has 0 atom stereocenters. The highest BCUT2D eigenvalue weighted by Crippen LogP contribution is 2.16. The van der Waals surface area contributed by atoms with E-state index in [1.54, 1.807) is 11.4 Å². The summed E-state index contributed by atoms with van der Waals surface area (Å²) in [4.78, 5) is 11.4. The maximum Gasteiger partial charge on any atom is 0.336 e. The van der Waals surface area contributed by atoms with Crippen LogP contribution in [0.1, 0.15) is 15.2 Å². The fourth-order valence-electron chi connectivity index (χ4n) is 0.721. The summed E-state index contributed by atoms with van der Waals surface area (Å²) < 4.78 is 0. The minimum absolute atomic E-state index is 0.346. The fourth-order valence-corrected chi connectivity index (χ4v) is 1.63. The molecule has 0 saturated heterocycles. The molecule has 0 saturated carbocycles. The van der Waals surface area contributed by atoms with Crippen LogP contribution in [0.3, 0.4) is 0 Å². The summed E-state index contributed by atoms with van der Waals surface area (Å²) in [5.41, 5.74) is 0.346. The van der Waals surface area contributed by atoms with Gasteiger partial charge in [0.05, 0.1) is 5.56 Å². The number of rotatable bonds is 3. The highest BCUT2D eigenvalue weighted by molar-refractivity contribution is 7.80. The number of aromatic carboxylic acids is 1. The molecule has 1 aromatic rings. The van der Waals surface area contributed by atoms with Gasteiger partial charge in [0, 0.05) is 16.0 Å². The largest absolute Gasteiger partial charge is 0.478 e. The van der Waals surface area contributed by atoms with Crippen molar-refractivity contribution < 1.29 is 9.90 Å². The maximum atomic E-state index is 10.5. The van der Waals surface area contributed by atoms with E-state index < -0.39 is 5.97 Å². The van der Waals surface area contributed by atoms with Gasteiger partial charge in [0.15, 0.2) is 0 Å². The van der Waals surface area contributed by atoms with E-state index in [0.717, 1.165) is 4.88 Å². The SMILES string of the molecule is O=C(O)c1csc(C=CCS)c1. The fraction of sp³-hybridized carbons (Fsp3) is 0.125. The van der Waals surface area contributed by atoms with Crippen LogP contribution in [0.2, 0.25) is 0 Å². The van der Waals surface area contributed by atoms with Crippen LogP contribution in [0.25, 0.3) is 6.08 Å². The highest BCUT2D eigenvalue weighted by Gasteiger charge is 2.03. The van der Waals surface area contributed by atoms with Crippen molar-refractivity contribution in [2.24, 2.45) is 0 Å². The van der Waals surface area contributed by atoms with Crippen molar-refractivity contribution in [2.45, 2.75) is 0 Å². The van der Waals surface area contributed by atoms with Gasteiger partial charge in [-0.25, -0.2) is 4.79 Å². The third-order valence-electron chi connectivity index (χ3n) is 1.25. The van der Waals surface area contributed by atoms with Gasteiger partial charge in [-0.1, -0.05) is 6.08 Å². The van der Waals surface area contributed by atoms with E-state index in [4.69, 9.17) is 5.11 Å². The Hall–Kier alpha value is -0.740. The van der Waals surface area contributed by atoms with Crippen LogP contribution in [0.4, 0.5) is 0 Å². The first-order valence-electron chi connectivity index (χ1n) is 3.33. The van der Waals surface area contributed by atoms with Crippen LogP contribution in [0.5, 0.6) is 0 Å². The Bertz CT molecular complexity index is 302. The van der Waals surface area contributed by atoms with Crippen LogP contribution < -0.4 is 0 Å². The molecule has 1 rings (SSSR count). The number of carboxylic acids is 1. The van der Waals surface area contributed by atoms with Crippen molar-refractivity contribution in [3.8, 4) is 0 Å². The molecule has 4 heteroatoms. The zero-order chi connectivity index (χ0) is 8.97. The van der Waals surface area contributed by atoms with Gasteiger partial charge in [-0.05, 0) is 12.1 Å². The molecule has 1 aromatic heterocycles. The summed E-state index contributed by atoms with van der Waals surface area (Å²) in [6.45, 7) is 0. The molecule has 0 bridgehead atoms. The zero-order valence-electron chi connectivity index (χ0n) is 6.23. The third kappa shape index (κ3) is 2.39. The standard InChI is InChI=1S/C8H8O2S2/c9-8(10)6-4-7(12-5-6)2-1-3-11/h1-2,4-5,11H,3H2,(H,9,10). The highest BCUT2D eigenvalue weighted by atomic mass is 32.1. The molecule has 0 unspecified atom stereocenters.